The molecular weight excluding hydrogens is 318 g/mol. The van der Waals surface area contributed by atoms with Crippen LogP contribution in [0.2, 0.25) is 5.02 Å². The van der Waals surface area contributed by atoms with E-state index in [1.165, 1.54) is 6.33 Å². The summed E-state index contributed by atoms with van der Waals surface area (Å²) in [5.74, 6) is 0.582. The van der Waals surface area contributed by atoms with E-state index in [9.17, 15) is 4.79 Å². The highest BCUT2D eigenvalue weighted by atomic mass is 79.9. The molecule has 0 unspecified atom stereocenters. The molecule has 1 heterocycles. The first-order valence-corrected chi connectivity index (χ1v) is 6.44. The number of hydrogen-bond acceptors (Lipinski definition) is 3. The first kappa shape index (κ1) is 13.1. The van der Waals surface area contributed by atoms with Gasteiger partial charge in [0.25, 0.3) is 5.56 Å². The summed E-state index contributed by atoms with van der Waals surface area (Å²) in [6, 6.07) is 7.59. The molecule has 94 valence electrons. The normalized spacial score (nSPS) is 10.4. The lowest BCUT2D eigenvalue weighted by molar-refractivity contribution is 0.881. The van der Waals surface area contributed by atoms with E-state index in [2.05, 4.69) is 25.9 Å². The Hall–Kier alpha value is -1.33. The molecule has 0 saturated heterocycles. The maximum atomic E-state index is 11.5. The molecule has 0 amide bonds. The molecule has 0 atom stereocenters. The van der Waals surface area contributed by atoms with Crippen molar-refractivity contribution in [1.29, 1.82) is 0 Å². The Kier molecular flexibility index (Phi) is 4.04. The van der Waals surface area contributed by atoms with Gasteiger partial charge in [0.1, 0.15) is 10.3 Å². The van der Waals surface area contributed by atoms with Gasteiger partial charge in [0.05, 0.1) is 6.33 Å². The summed E-state index contributed by atoms with van der Waals surface area (Å²) >= 11 is 9.33. The van der Waals surface area contributed by atoms with Gasteiger partial charge in [-0.3, -0.25) is 4.79 Å². The van der Waals surface area contributed by atoms with E-state index in [0.29, 0.717) is 21.9 Å². The molecule has 0 aliphatic carbocycles. The van der Waals surface area contributed by atoms with Gasteiger partial charge in [0.2, 0.25) is 0 Å². The molecule has 0 saturated carbocycles. The molecule has 4 nitrogen and oxygen atoms in total. The predicted molar refractivity (Wildman–Crippen MR) is 76.1 cm³/mol. The van der Waals surface area contributed by atoms with Gasteiger partial charge in [-0.05, 0) is 27.6 Å². The van der Waals surface area contributed by atoms with Crippen LogP contribution in [0.3, 0.4) is 0 Å². The summed E-state index contributed by atoms with van der Waals surface area (Å²) in [7, 11) is 1.86. The zero-order valence-corrected chi connectivity index (χ0v) is 12.0. The molecule has 0 radical (unpaired) electrons. The summed E-state index contributed by atoms with van der Waals surface area (Å²) in [5, 5.41) is 0.699. The lowest BCUT2D eigenvalue weighted by atomic mass is 10.2. The highest BCUT2D eigenvalue weighted by molar-refractivity contribution is 9.10. The third-order valence-corrected chi connectivity index (χ3v) is 3.59. The quantitative estimate of drug-likeness (QED) is 0.942. The number of anilines is 1. The molecule has 0 bridgehead atoms. The highest BCUT2D eigenvalue weighted by Crippen LogP contribution is 2.22. The molecule has 0 spiro atoms. The number of nitrogens with one attached hydrogen (secondary N) is 1. The monoisotopic (exact) mass is 327 g/mol. The Balaban J connectivity index is 2.28. The van der Waals surface area contributed by atoms with Crippen LogP contribution in [0.5, 0.6) is 0 Å². The third kappa shape index (κ3) is 2.73. The summed E-state index contributed by atoms with van der Waals surface area (Å²) < 4.78 is 0.416. The fraction of sp³-hybridized carbons (Fsp3) is 0.167. The number of rotatable bonds is 3. The topological polar surface area (TPSA) is 49.0 Å². The largest absolute Gasteiger partial charge is 0.354 e. The number of nitrogens with zero attached hydrogens (tertiary/aromatic N) is 2. The number of halogens is 2. The van der Waals surface area contributed by atoms with Crippen LogP contribution >= 0.6 is 27.5 Å². The van der Waals surface area contributed by atoms with Gasteiger partial charge in [-0.25, -0.2) is 4.98 Å². The molecule has 1 N–H and O–H groups in total. The summed E-state index contributed by atoms with van der Waals surface area (Å²) in [4.78, 5) is 20.0. The molecule has 6 heteroatoms. The van der Waals surface area contributed by atoms with Crippen LogP contribution in [0.4, 0.5) is 5.82 Å². The first-order chi connectivity index (χ1) is 8.59. The van der Waals surface area contributed by atoms with E-state index in [0.717, 1.165) is 5.56 Å². The van der Waals surface area contributed by atoms with E-state index in [1.54, 1.807) is 0 Å². The predicted octanol–water partition coefficient (Wildman–Crippen LogP) is 2.82. The Morgan fingerprint density at radius 3 is 2.89 bits per heavy atom. The second-order valence-electron chi connectivity index (χ2n) is 3.82. The number of H-pyrrole nitrogens is 1. The van der Waals surface area contributed by atoms with E-state index in [4.69, 9.17) is 11.6 Å². The van der Waals surface area contributed by atoms with Gasteiger partial charge in [-0.2, -0.15) is 0 Å². The summed E-state index contributed by atoms with van der Waals surface area (Å²) in [6.45, 7) is 0.578. The third-order valence-electron chi connectivity index (χ3n) is 2.51. The van der Waals surface area contributed by atoms with Crippen LogP contribution in [0.15, 0.2) is 39.9 Å². The van der Waals surface area contributed by atoms with Crippen molar-refractivity contribution >= 4 is 33.3 Å². The molecule has 2 rings (SSSR count). The van der Waals surface area contributed by atoms with Crippen LogP contribution in [-0.4, -0.2) is 17.0 Å². The van der Waals surface area contributed by atoms with Crippen LogP contribution in [0.25, 0.3) is 0 Å². The van der Waals surface area contributed by atoms with Crippen LogP contribution in [-0.2, 0) is 6.54 Å². The van der Waals surface area contributed by atoms with Gasteiger partial charge in [-0.1, -0.05) is 29.8 Å². The highest BCUT2D eigenvalue weighted by Gasteiger charge is 2.11. The van der Waals surface area contributed by atoms with Crippen molar-refractivity contribution in [2.45, 2.75) is 6.54 Å². The standard InChI is InChI=1S/C12H11BrClN3O/c1-17(6-8-4-2-3-5-9(8)14)11-10(13)12(18)16-7-15-11/h2-5,7H,6H2,1H3,(H,15,16,18). The minimum atomic E-state index is -0.203. The van der Waals surface area contributed by atoms with E-state index < -0.39 is 0 Å². The van der Waals surface area contributed by atoms with Crippen molar-refractivity contribution in [2.24, 2.45) is 0 Å². The SMILES string of the molecule is CN(Cc1ccccc1Cl)c1nc[nH]c(=O)c1Br. The fourth-order valence-corrected chi connectivity index (χ4v) is 2.31. The zero-order chi connectivity index (χ0) is 13.1. The van der Waals surface area contributed by atoms with Gasteiger partial charge < -0.3 is 9.88 Å². The Labute approximate surface area is 118 Å². The Morgan fingerprint density at radius 2 is 2.17 bits per heavy atom. The Morgan fingerprint density at radius 1 is 1.44 bits per heavy atom. The molecule has 18 heavy (non-hydrogen) atoms. The summed E-state index contributed by atoms with van der Waals surface area (Å²) in [5.41, 5.74) is 0.779. The van der Waals surface area contributed by atoms with Gasteiger partial charge in [0, 0.05) is 18.6 Å². The molecular formula is C12H11BrClN3O. The number of aromatic amines is 1. The molecule has 0 aliphatic heterocycles. The number of benzene rings is 1. The molecule has 1 aromatic carbocycles. The van der Waals surface area contributed by atoms with E-state index in [1.807, 2.05) is 36.2 Å². The van der Waals surface area contributed by atoms with Crippen molar-refractivity contribution in [2.75, 3.05) is 11.9 Å². The average Bonchev–Trinajstić information content (AvgIpc) is 2.35. The molecule has 0 fully saturated rings. The van der Waals surface area contributed by atoms with Gasteiger partial charge in [-0.15, -0.1) is 0 Å². The minimum Gasteiger partial charge on any atom is -0.354 e. The maximum Gasteiger partial charge on any atom is 0.267 e. The van der Waals surface area contributed by atoms with E-state index >= 15 is 0 Å². The van der Waals surface area contributed by atoms with Crippen molar-refractivity contribution in [3.05, 3.63) is 56.0 Å². The molecule has 2 aromatic rings. The lowest BCUT2D eigenvalue weighted by Gasteiger charge is -2.19. The number of hydrogen-bond donors (Lipinski definition) is 1. The van der Waals surface area contributed by atoms with Crippen LogP contribution in [0.1, 0.15) is 5.56 Å². The lowest BCUT2D eigenvalue weighted by Crippen LogP contribution is -2.22. The van der Waals surface area contributed by atoms with E-state index in [-0.39, 0.29) is 5.56 Å². The van der Waals surface area contributed by atoms with Crippen molar-refractivity contribution < 1.29 is 0 Å². The second-order valence-corrected chi connectivity index (χ2v) is 5.02. The summed E-state index contributed by atoms with van der Waals surface area (Å²) in [6.07, 6.45) is 1.38. The van der Waals surface area contributed by atoms with Crippen LogP contribution < -0.4 is 10.5 Å². The van der Waals surface area contributed by atoms with Crippen LogP contribution in [0, 0.1) is 0 Å². The Bertz CT molecular complexity index is 614. The van der Waals surface area contributed by atoms with Gasteiger partial charge in [0.15, 0.2) is 0 Å². The van der Waals surface area contributed by atoms with Gasteiger partial charge >= 0.3 is 0 Å². The zero-order valence-electron chi connectivity index (χ0n) is 9.65. The molecule has 1 aromatic heterocycles. The maximum absolute atomic E-state index is 11.5. The first-order valence-electron chi connectivity index (χ1n) is 5.27. The second kappa shape index (κ2) is 5.54. The fourth-order valence-electron chi connectivity index (χ4n) is 1.60. The minimum absolute atomic E-state index is 0.203. The molecule has 0 aliphatic rings. The van der Waals surface area contributed by atoms with Crippen molar-refractivity contribution in [3.8, 4) is 0 Å². The van der Waals surface area contributed by atoms with Crippen molar-refractivity contribution in [3.63, 3.8) is 0 Å². The smallest absolute Gasteiger partial charge is 0.267 e. The van der Waals surface area contributed by atoms with Crippen molar-refractivity contribution in [1.82, 2.24) is 9.97 Å². The number of aromatic nitrogens is 2. The average molecular weight is 329 g/mol.